The minimum absolute atomic E-state index is 0.182. The van der Waals surface area contributed by atoms with Gasteiger partial charge in [-0.2, -0.15) is 4.98 Å². The Labute approximate surface area is 100 Å². The molecule has 6 heteroatoms. The Morgan fingerprint density at radius 1 is 1.50 bits per heavy atom. The molecule has 0 fully saturated rings. The van der Waals surface area contributed by atoms with Crippen LogP contribution in [0, 0.1) is 12.8 Å². The van der Waals surface area contributed by atoms with Gasteiger partial charge in [0.15, 0.2) is 5.82 Å². The van der Waals surface area contributed by atoms with Crippen LogP contribution in [0.5, 0.6) is 0 Å². The maximum Gasteiger partial charge on any atom is 0.224 e. The summed E-state index contributed by atoms with van der Waals surface area (Å²) < 4.78 is 0. The van der Waals surface area contributed by atoms with Gasteiger partial charge >= 0.3 is 0 Å². The second kappa shape index (κ2) is 5.86. The number of hydrogen-bond donors (Lipinski definition) is 3. The molecule has 0 saturated carbocycles. The number of nitrogens with one attached hydrogen (secondary N) is 1. The second-order valence-electron chi connectivity index (χ2n) is 3.84. The standard InChI is InChI=1S/C10H17ClN4O/c1-6(3-4-16)5-13-9-8(12)7(2)14-10(11)15-9/h6,16H,3-5,12H2,1-2H3,(H,13,14,15). The van der Waals surface area contributed by atoms with Crippen LogP contribution < -0.4 is 11.1 Å². The number of aliphatic hydroxyl groups excluding tert-OH is 1. The summed E-state index contributed by atoms with van der Waals surface area (Å²) in [5.74, 6) is 0.903. The van der Waals surface area contributed by atoms with Crippen LogP contribution >= 0.6 is 11.6 Å². The first-order valence-corrected chi connectivity index (χ1v) is 5.56. The van der Waals surface area contributed by atoms with E-state index in [1.165, 1.54) is 0 Å². The van der Waals surface area contributed by atoms with Crippen LogP contribution in [0.1, 0.15) is 19.0 Å². The van der Waals surface area contributed by atoms with Gasteiger partial charge in [0.05, 0.1) is 11.4 Å². The van der Waals surface area contributed by atoms with Crippen LogP contribution in [-0.4, -0.2) is 28.2 Å². The summed E-state index contributed by atoms with van der Waals surface area (Å²) in [7, 11) is 0. The zero-order valence-corrected chi connectivity index (χ0v) is 10.3. The maximum atomic E-state index is 8.78. The van der Waals surface area contributed by atoms with E-state index >= 15 is 0 Å². The van der Waals surface area contributed by atoms with E-state index in [-0.39, 0.29) is 11.9 Å². The number of anilines is 2. The van der Waals surface area contributed by atoms with Crippen molar-refractivity contribution in [2.75, 3.05) is 24.2 Å². The van der Waals surface area contributed by atoms with Crippen molar-refractivity contribution in [1.29, 1.82) is 0 Å². The molecule has 0 radical (unpaired) electrons. The molecular weight excluding hydrogens is 228 g/mol. The third-order valence-corrected chi connectivity index (χ3v) is 2.52. The highest BCUT2D eigenvalue weighted by molar-refractivity contribution is 6.28. The van der Waals surface area contributed by atoms with Crippen molar-refractivity contribution in [2.45, 2.75) is 20.3 Å². The summed E-state index contributed by atoms with van der Waals surface area (Å²) in [6.07, 6.45) is 0.741. The van der Waals surface area contributed by atoms with Crippen LogP contribution in [0.2, 0.25) is 5.28 Å². The number of nitrogens with zero attached hydrogens (tertiary/aromatic N) is 2. The van der Waals surface area contributed by atoms with Crippen molar-refractivity contribution >= 4 is 23.1 Å². The lowest BCUT2D eigenvalue weighted by molar-refractivity contribution is 0.266. The number of nitrogens with two attached hydrogens (primary N) is 1. The summed E-state index contributed by atoms with van der Waals surface area (Å²) >= 11 is 5.74. The van der Waals surface area contributed by atoms with E-state index in [9.17, 15) is 0 Å². The molecule has 0 amide bonds. The first-order chi connectivity index (χ1) is 7.54. The molecule has 0 saturated heterocycles. The second-order valence-corrected chi connectivity index (χ2v) is 4.18. The molecule has 0 aliphatic rings. The molecule has 1 aromatic rings. The molecule has 16 heavy (non-hydrogen) atoms. The Morgan fingerprint density at radius 3 is 2.81 bits per heavy atom. The van der Waals surface area contributed by atoms with Crippen molar-refractivity contribution in [1.82, 2.24) is 9.97 Å². The fraction of sp³-hybridized carbons (Fsp3) is 0.600. The Kier molecular flexibility index (Phi) is 4.76. The summed E-state index contributed by atoms with van der Waals surface area (Å²) in [5.41, 5.74) is 6.99. The van der Waals surface area contributed by atoms with E-state index in [1.807, 2.05) is 6.92 Å². The number of hydrogen-bond acceptors (Lipinski definition) is 5. The van der Waals surface area contributed by atoms with Gasteiger partial charge in [-0.25, -0.2) is 4.98 Å². The van der Waals surface area contributed by atoms with E-state index in [0.29, 0.717) is 29.7 Å². The molecule has 1 atom stereocenters. The quantitative estimate of drug-likeness (QED) is 0.683. The third-order valence-electron chi connectivity index (χ3n) is 2.35. The summed E-state index contributed by atoms with van der Waals surface area (Å²) in [6, 6.07) is 0. The Morgan fingerprint density at radius 2 is 2.19 bits per heavy atom. The van der Waals surface area contributed by atoms with Gasteiger partial charge in [0.25, 0.3) is 0 Å². The molecule has 90 valence electrons. The summed E-state index contributed by atoms with van der Waals surface area (Å²) in [4.78, 5) is 7.97. The molecule has 1 heterocycles. The molecule has 1 rings (SSSR count). The number of rotatable bonds is 5. The van der Waals surface area contributed by atoms with Gasteiger partial charge in [-0.1, -0.05) is 6.92 Å². The largest absolute Gasteiger partial charge is 0.396 e. The zero-order chi connectivity index (χ0) is 12.1. The number of aryl methyl sites for hydroxylation is 1. The summed E-state index contributed by atoms with van der Waals surface area (Å²) in [5, 5.41) is 12.1. The molecule has 4 N–H and O–H groups in total. The predicted molar refractivity (Wildman–Crippen MR) is 65.5 cm³/mol. The maximum absolute atomic E-state index is 8.78. The Balaban J connectivity index is 2.66. The number of aromatic nitrogens is 2. The van der Waals surface area contributed by atoms with Crippen LogP contribution in [0.15, 0.2) is 0 Å². The molecule has 0 spiro atoms. The fourth-order valence-electron chi connectivity index (χ4n) is 1.28. The molecule has 0 aromatic carbocycles. The fourth-order valence-corrected chi connectivity index (χ4v) is 1.49. The highest BCUT2D eigenvalue weighted by Crippen LogP contribution is 2.20. The van der Waals surface area contributed by atoms with Crippen molar-refractivity contribution in [2.24, 2.45) is 5.92 Å². The summed E-state index contributed by atoms with van der Waals surface area (Å²) in [6.45, 7) is 4.69. The number of halogens is 1. The van der Waals surface area contributed by atoms with Gasteiger partial charge in [-0.3, -0.25) is 0 Å². The SMILES string of the molecule is Cc1nc(Cl)nc(NCC(C)CCO)c1N. The minimum Gasteiger partial charge on any atom is -0.396 e. The first kappa shape index (κ1) is 13.0. The van der Waals surface area contributed by atoms with Crippen LogP contribution in [-0.2, 0) is 0 Å². The minimum atomic E-state index is 0.182. The normalized spacial score (nSPS) is 12.5. The third kappa shape index (κ3) is 3.50. The number of aliphatic hydroxyl groups is 1. The average molecular weight is 245 g/mol. The van der Waals surface area contributed by atoms with E-state index in [0.717, 1.165) is 6.42 Å². The molecule has 0 aliphatic carbocycles. The topological polar surface area (TPSA) is 84.1 Å². The van der Waals surface area contributed by atoms with Gasteiger partial charge in [0.1, 0.15) is 0 Å². The molecular formula is C10H17ClN4O. The van der Waals surface area contributed by atoms with Crippen molar-refractivity contribution in [3.05, 3.63) is 11.0 Å². The zero-order valence-electron chi connectivity index (χ0n) is 9.50. The van der Waals surface area contributed by atoms with E-state index in [1.54, 1.807) is 6.92 Å². The Hall–Kier alpha value is -1.07. The molecule has 1 unspecified atom stereocenters. The van der Waals surface area contributed by atoms with Gasteiger partial charge < -0.3 is 16.2 Å². The van der Waals surface area contributed by atoms with Crippen molar-refractivity contribution in [3.63, 3.8) is 0 Å². The number of nitrogen functional groups attached to an aromatic ring is 1. The predicted octanol–water partition coefficient (Wildman–Crippen LogP) is 1.45. The van der Waals surface area contributed by atoms with Crippen LogP contribution in [0.25, 0.3) is 0 Å². The lowest BCUT2D eigenvalue weighted by atomic mass is 10.1. The molecule has 0 aliphatic heterocycles. The van der Waals surface area contributed by atoms with Gasteiger partial charge in [0.2, 0.25) is 5.28 Å². The van der Waals surface area contributed by atoms with Gasteiger partial charge in [-0.15, -0.1) is 0 Å². The lowest BCUT2D eigenvalue weighted by Crippen LogP contribution is -2.15. The van der Waals surface area contributed by atoms with Crippen LogP contribution in [0.4, 0.5) is 11.5 Å². The first-order valence-electron chi connectivity index (χ1n) is 5.19. The van der Waals surface area contributed by atoms with E-state index < -0.39 is 0 Å². The molecule has 0 bridgehead atoms. The van der Waals surface area contributed by atoms with E-state index in [2.05, 4.69) is 15.3 Å². The highest BCUT2D eigenvalue weighted by Gasteiger charge is 2.08. The van der Waals surface area contributed by atoms with Crippen molar-refractivity contribution < 1.29 is 5.11 Å². The van der Waals surface area contributed by atoms with Crippen LogP contribution in [0.3, 0.4) is 0 Å². The smallest absolute Gasteiger partial charge is 0.224 e. The monoisotopic (exact) mass is 244 g/mol. The Bertz CT molecular complexity index is 359. The van der Waals surface area contributed by atoms with Gasteiger partial charge in [0, 0.05) is 13.2 Å². The lowest BCUT2D eigenvalue weighted by Gasteiger charge is -2.13. The molecule has 1 aromatic heterocycles. The molecule has 5 nitrogen and oxygen atoms in total. The van der Waals surface area contributed by atoms with Gasteiger partial charge in [-0.05, 0) is 30.9 Å². The average Bonchev–Trinajstić information content (AvgIpc) is 2.21. The van der Waals surface area contributed by atoms with E-state index in [4.69, 9.17) is 22.4 Å². The highest BCUT2D eigenvalue weighted by atomic mass is 35.5. The van der Waals surface area contributed by atoms with Crippen molar-refractivity contribution in [3.8, 4) is 0 Å².